The van der Waals surface area contributed by atoms with Gasteiger partial charge in [0.25, 0.3) is 5.69 Å². The summed E-state index contributed by atoms with van der Waals surface area (Å²) in [5, 5.41) is 11.8. The average Bonchev–Trinajstić information content (AvgIpc) is 2.66. The topological polar surface area (TPSA) is 95.7 Å². The van der Waals surface area contributed by atoms with Crippen LogP contribution in [0.5, 0.6) is 0 Å². The number of carbonyl (C=O) groups excluding carboxylic acids is 2. The first kappa shape index (κ1) is 20.7. The first-order chi connectivity index (χ1) is 12.7. The molecule has 27 heavy (non-hydrogen) atoms. The van der Waals surface area contributed by atoms with Crippen molar-refractivity contribution >= 4 is 40.8 Å². The van der Waals surface area contributed by atoms with Crippen molar-refractivity contribution in [1.82, 2.24) is 0 Å². The van der Waals surface area contributed by atoms with Gasteiger partial charge in [-0.2, -0.15) is 0 Å². The Labute approximate surface area is 164 Å². The van der Waals surface area contributed by atoms with Crippen LogP contribution >= 0.6 is 23.2 Å². The summed E-state index contributed by atoms with van der Waals surface area (Å²) in [4.78, 5) is 35.6. The zero-order valence-corrected chi connectivity index (χ0v) is 16.1. The van der Waals surface area contributed by atoms with Gasteiger partial charge in [-0.3, -0.25) is 14.9 Å². The molecule has 0 aliphatic rings. The van der Waals surface area contributed by atoms with Crippen molar-refractivity contribution in [2.75, 3.05) is 14.2 Å². The van der Waals surface area contributed by atoms with E-state index in [4.69, 9.17) is 27.9 Å². The number of carbonyl (C=O) groups is 2. The lowest BCUT2D eigenvalue weighted by Crippen LogP contribution is -2.36. The Hall–Kier alpha value is -2.64. The zero-order chi connectivity index (χ0) is 20.4. The number of benzene rings is 2. The van der Waals surface area contributed by atoms with Crippen LogP contribution < -0.4 is 0 Å². The normalized spacial score (nSPS) is 12.8. The van der Waals surface area contributed by atoms with Gasteiger partial charge >= 0.3 is 11.9 Å². The summed E-state index contributed by atoms with van der Waals surface area (Å²) in [5.41, 5.74) is -1.80. The Bertz CT molecular complexity index is 930. The summed E-state index contributed by atoms with van der Waals surface area (Å²) >= 11 is 12.3. The first-order valence-electron chi connectivity index (χ1n) is 7.58. The number of esters is 2. The molecule has 0 aromatic heterocycles. The molecule has 0 heterocycles. The van der Waals surface area contributed by atoms with Crippen LogP contribution in [0.15, 0.2) is 36.4 Å². The van der Waals surface area contributed by atoms with Crippen LogP contribution in [0.25, 0.3) is 0 Å². The Morgan fingerprint density at radius 2 is 1.70 bits per heavy atom. The standard InChI is InChI=1S/C18H15Cl2NO6/c1-18(17(23)27-3,13-9-11(19)5-7-15(13)21(24)25)12-8-10(16(22)26-2)4-6-14(12)20/h4-9H,1-3H3/t18-/m0/s1. The molecule has 0 saturated carbocycles. The van der Waals surface area contributed by atoms with E-state index in [-0.39, 0.29) is 32.4 Å². The summed E-state index contributed by atoms with van der Waals surface area (Å²) in [6.45, 7) is 1.42. The minimum Gasteiger partial charge on any atom is -0.468 e. The third kappa shape index (κ3) is 3.74. The van der Waals surface area contributed by atoms with Crippen molar-refractivity contribution in [3.8, 4) is 0 Å². The van der Waals surface area contributed by atoms with Gasteiger partial charge in [0.1, 0.15) is 5.41 Å². The second-order valence-corrected chi connectivity index (χ2v) is 6.57. The summed E-state index contributed by atoms with van der Waals surface area (Å²) in [5.74, 6) is -1.46. The van der Waals surface area contributed by atoms with Gasteiger partial charge in [0.15, 0.2) is 0 Å². The van der Waals surface area contributed by atoms with Crippen molar-refractivity contribution < 1.29 is 24.0 Å². The van der Waals surface area contributed by atoms with Gasteiger partial charge in [-0.05, 0) is 42.8 Å². The van der Waals surface area contributed by atoms with Gasteiger partial charge in [-0.15, -0.1) is 0 Å². The highest BCUT2D eigenvalue weighted by molar-refractivity contribution is 6.32. The van der Waals surface area contributed by atoms with E-state index in [1.807, 2.05) is 0 Å². The minimum atomic E-state index is -1.71. The highest BCUT2D eigenvalue weighted by Crippen LogP contribution is 2.42. The van der Waals surface area contributed by atoms with Crippen LogP contribution in [0.2, 0.25) is 10.0 Å². The van der Waals surface area contributed by atoms with Crippen molar-refractivity contribution in [1.29, 1.82) is 0 Å². The molecule has 0 aliphatic heterocycles. The molecule has 142 valence electrons. The van der Waals surface area contributed by atoms with E-state index >= 15 is 0 Å². The summed E-state index contributed by atoms with van der Waals surface area (Å²) in [6, 6.07) is 8.00. The molecule has 0 fully saturated rings. The number of rotatable bonds is 5. The van der Waals surface area contributed by atoms with E-state index in [9.17, 15) is 19.7 Å². The molecule has 0 saturated heterocycles. The SMILES string of the molecule is COC(=O)c1ccc(Cl)c([C@](C)(C(=O)OC)c2cc(Cl)ccc2[N+](=O)[O-])c1. The van der Waals surface area contributed by atoms with Crippen LogP contribution in [0.4, 0.5) is 5.69 Å². The molecule has 0 spiro atoms. The number of ether oxygens (including phenoxy) is 2. The number of halogens is 2. The molecule has 2 aromatic rings. The third-order valence-corrected chi connectivity index (χ3v) is 4.78. The number of nitro benzene ring substituents is 1. The van der Waals surface area contributed by atoms with Gasteiger partial charge < -0.3 is 9.47 Å². The van der Waals surface area contributed by atoms with Gasteiger partial charge in [0.2, 0.25) is 0 Å². The number of hydrogen-bond acceptors (Lipinski definition) is 6. The molecule has 0 unspecified atom stereocenters. The predicted molar refractivity (Wildman–Crippen MR) is 99.4 cm³/mol. The fourth-order valence-corrected chi connectivity index (χ4v) is 3.27. The van der Waals surface area contributed by atoms with Crippen molar-refractivity contribution in [2.24, 2.45) is 0 Å². The van der Waals surface area contributed by atoms with Crippen LogP contribution in [0, 0.1) is 10.1 Å². The maximum atomic E-state index is 12.8. The van der Waals surface area contributed by atoms with Crippen LogP contribution in [0.3, 0.4) is 0 Å². The highest BCUT2D eigenvalue weighted by atomic mass is 35.5. The van der Waals surface area contributed by atoms with E-state index in [2.05, 4.69) is 4.74 Å². The number of methoxy groups -OCH3 is 2. The third-order valence-electron chi connectivity index (χ3n) is 4.21. The molecule has 0 radical (unpaired) electrons. The largest absolute Gasteiger partial charge is 0.468 e. The van der Waals surface area contributed by atoms with Crippen LogP contribution in [0.1, 0.15) is 28.4 Å². The average molecular weight is 412 g/mol. The first-order valence-corrected chi connectivity index (χ1v) is 8.33. The van der Waals surface area contributed by atoms with Gasteiger partial charge in [-0.1, -0.05) is 23.2 Å². The lowest BCUT2D eigenvalue weighted by molar-refractivity contribution is -0.385. The Morgan fingerprint density at radius 3 is 2.26 bits per heavy atom. The second-order valence-electron chi connectivity index (χ2n) is 5.72. The van der Waals surface area contributed by atoms with E-state index < -0.39 is 22.3 Å². The molecule has 0 bridgehead atoms. The highest BCUT2D eigenvalue weighted by Gasteiger charge is 2.45. The van der Waals surface area contributed by atoms with Crippen molar-refractivity contribution in [3.63, 3.8) is 0 Å². The molecular formula is C18H15Cl2NO6. The molecule has 0 N–H and O–H groups in total. The number of nitro groups is 1. The molecule has 0 amide bonds. The Kier molecular flexibility index (Phi) is 6.08. The van der Waals surface area contributed by atoms with E-state index in [1.54, 1.807) is 0 Å². The predicted octanol–water partition coefficient (Wildman–Crippen LogP) is 4.17. The quantitative estimate of drug-likeness (QED) is 0.416. The van der Waals surface area contributed by atoms with E-state index in [1.165, 1.54) is 50.4 Å². The molecule has 1 atom stereocenters. The lowest BCUT2D eigenvalue weighted by Gasteiger charge is -2.28. The molecule has 2 aromatic carbocycles. The lowest BCUT2D eigenvalue weighted by atomic mass is 9.75. The number of hydrogen-bond donors (Lipinski definition) is 0. The molecule has 9 heteroatoms. The summed E-state index contributed by atoms with van der Waals surface area (Å²) < 4.78 is 9.59. The van der Waals surface area contributed by atoms with Crippen LogP contribution in [-0.2, 0) is 19.7 Å². The summed E-state index contributed by atoms with van der Waals surface area (Å²) in [7, 11) is 2.35. The van der Waals surface area contributed by atoms with Crippen molar-refractivity contribution in [3.05, 3.63) is 73.2 Å². The second kappa shape index (κ2) is 7.94. The molecular weight excluding hydrogens is 397 g/mol. The Balaban J connectivity index is 2.89. The fraction of sp³-hybridized carbons (Fsp3) is 0.222. The zero-order valence-electron chi connectivity index (χ0n) is 14.6. The number of nitrogens with zero attached hydrogens (tertiary/aromatic N) is 1. The smallest absolute Gasteiger partial charge is 0.337 e. The van der Waals surface area contributed by atoms with E-state index in [0.29, 0.717) is 0 Å². The summed E-state index contributed by atoms with van der Waals surface area (Å²) in [6.07, 6.45) is 0. The van der Waals surface area contributed by atoms with Crippen molar-refractivity contribution in [2.45, 2.75) is 12.3 Å². The van der Waals surface area contributed by atoms with Gasteiger partial charge in [0, 0.05) is 16.1 Å². The van der Waals surface area contributed by atoms with Gasteiger partial charge in [0.05, 0.1) is 30.3 Å². The monoisotopic (exact) mass is 411 g/mol. The molecule has 0 aliphatic carbocycles. The maximum absolute atomic E-state index is 12.8. The fourth-order valence-electron chi connectivity index (χ4n) is 2.79. The van der Waals surface area contributed by atoms with Crippen LogP contribution in [-0.4, -0.2) is 31.1 Å². The molecule has 2 rings (SSSR count). The van der Waals surface area contributed by atoms with E-state index in [0.717, 1.165) is 7.11 Å². The maximum Gasteiger partial charge on any atom is 0.337 e. The molecule has 7 nitrogen and oxygen atoms in total. The van der Waals surface area contributed by atoms with Gasteiger partial charge in [-0.25, -0.2) is 4.79 Å². The Morgan fingerprint density at radius 1 is 1.04 bits per heavy atom. The minimum absolute atomic E-state index is 0.0178.